The summed E-state index contributed by atoms with van der Waals surface area (Å²) in [4.78, 5) is 41.5. The summed E-state index contributed by atoms with van der Waals surface area (Å²) in [6.45, 7) is 4.69. The summed E-state index contributed by atoms with van der Waals surface area (Å²) < 4.78 is 6.16. The van der Waals surface area contributed by atoms with Gasteiger partial charge in [-0.1, -0.05) is 49.9 Å². The lowest BCUT2D eigenvalue weighted by Crippen LogP contribution is -2.27. The van der Waals surface area contributed by atoms with Crippen LogP contribution in [-0.4, -0.2) is 40.8 Å². The highest BCUT2D eigenvalue weighted by molar-refractivity contribution is 7.99. The second kappa shape index (κ2) is 11.7. The van der Waals surface area contributed by atoms with Gasteiger partial charge in [0.1, 0.15) is 0 Å². The van der Waals surface area contributed by atoms with Gasteiger partial charge in [-0.3, -0.25) is 19.0 Å². The Bertz CT molecular complexity index is 1170. The highest BCUT2D eigenvalue weighted by Gasteiger charge is 2.15. The molecule has 1 heterocycles. The van der Waals surface area contributed by atoms with Crippen LogP contribution in [0.1, 0.15) is 44.6 Å². The predicted molar refractivity (Wildman–Crippen MR) is 131 cm³/mol. The van der Waals surface area contributed by atoms with Crippen molar-refractivity contribution >= 4 is 34.5 Å². The Labute approximate surface area is 197 Å². The number of nitrogens with zero attached hydrogens (tertiary/aromatic N) is 2. The second-order valence-electron chi connectivity index (χ2n) is 7.77. The number of fused-ring (bicyclic) bond motifs is 1. The van der Waals surface area contributed by atoms with Crippen LogP contribution in [0.4, 0.5) is 0 Å². The van der Waals surface area contributed by atoms with Crippen LogP contribution in [0.15, 0.2) is 58.5 Å². The number of hydrogen-bond acceptors (Lipinski definition) is 6. The SMILES string of the molecule is CCC(C)c1ccc(-n2c(SCC(=O)NCCCC(=O)OC)nc3ccccc3c2=O)cc1. The average Bonchev–Trinajstić information content (AvgIpc) is 2.85. The molecule has 33 heavy (non-hydrogen) atoms. The molecule has 0 fully saturated rings. The number of carbonyl (C=O) groups excluding carboxylic acids is 2. The van der Waals surface area contributed by atoms with Crippen LogP contribution in [0.3, 0.4) is 0 Å². The summed E-state index contributed by atoms with van der Waals surface area (Å²) in [5, 5.41) is 3.77. The fraction of sp³-hybridized carbons (Fsp3) is 0.360. The van der Waals surface area contributed by atoms with Crippen LogP contribution in [0.2, 0.25) is 0 Å². The summed E-state index contributed by atoms with van der Waals surface area (Å²) in [6, 6.07) is 15.1. The van der Waals surface area contributed by atoms with Crippen molar-refractivity contribution in [2.24, 2.45) is 0 Å². The van der Waals surface area contributed by atoms with E-state index in [1.807, 2.05) is 36.4 Å². The van der Waals surface area contributed by atoms with Gasteiger partial charge in [0.25, 0.3) is 5.56 Å². The highest BCUT2D eigenvalue weighted by atomic mass is 32.2. The molecule has 1 aromatic heterocycles. The van der Waals surface area contributed by atoms with E-state index >= 15 is 0 Å². The number of methoxy groups -OCH3 is 1. The fourth-order valence-corrected chi connectivity index (χ4v) is 4.21. The normalized spacial score (nSPS) is 11.8. The smallest absolute Gasteiger partial charge is 0.305 e. The van der Waals surface area contributed by atoms with Crippen molar-refractivity contribution in [3.8, 4) is 5.69 Å². The molecule has 7 nitrogen and oxygen atoms in total. The molecule has 0 aliphatic carbocycles. The van der Waals surface area contributed by atoms with Gasteiger partial charge in [-0.25, -0.2) is 4.98 Å². The molecule has 1 atom stereocenters. The number of hydrogen-bond donors (Lipinski definition) is 1. The second-order valence-corrected chi connectivity index (χ2v) is 8.71. The average molecular weight is 468 g/mol. The number of esters is 1. The maximum Gasteiger partial charge on any atom is 0.305 e. The standard InChI is InChI=1S/C25H29N3O4S/c1-4-17(2)18-11-13-19(14-12-18)28-24(31)20-8-5-6-9-21(20)27-25(28)33-16-22(29)26-15-7-10-23(30)32-3/h5-6,8-9,11-14,17H,4,7,10,15-16H2,1-3H3,(H,26,29). The zero-order chi connectivity index (χ0) is 23.8. The number of amides is 1. The molecular weight excluding hydrogens is 438 g/mol. The minimum absolute atomic E-state index is 0.105. The first kappa shape index (κ1) is 24.5. The van der Waals surface area contributed by atoms with Crippen molar-refractivity contribution < 1.29 is 14.3 Å². The summed E-state index contributed by atoms with van der Waals surface area (Å²) in [5.74, 6) is 0.0454. The Morgan fingerprint density at radius 1 is 1.15 bits per heavy atom. The lowest BCUT2D eigenvalue weighted by Gasteiger charge is -2.15. The Morgan fingerprint density at radius 3 is 2.58 bits per heavy atom. The molecule has 1 unspecified atom stereocenters. The van der Waals surface area contributed by atoms with Gasteiger partial charge in [0.05, 0.1) is 29.5 Å². The molecule has 1 amide bonds. The fourth-order valence-electron chi connectivity index (χ4n) is 3.37. The quantitative estimate of drug-likeness (QED) is 0.209. The van der Waals surface area contributed by atoms with Gasteiger partial charge >= 0.3 is 5.97 Å². The number of aromatic nitrogens is 2. The van der Waals surface area contributed by atoms with E-state index < -0.39 is 0 Å². The van der Waals surface area contributed by atoms with Crippen molar-refractivity contribution in [1.29, 1.82) is 0 Å². The van der Waals surface area contributed by atoms with Crippen molar-refractivity contribution in [3.05, 3.63) is 64.4 Å². The first-order valence-electron chi connectivity index (χ1n) is 11.0. The van der Waals surface area contributed by atoms with Crippen molar-refractivity contribution in [2.45, 2.75) is 44.2 Å². The number of benzene rings is 2. The number of nitrogens with one attached hydrogen (secondary N) is 1. The van der Waals surface area contributed by atoms with Crippen LogP contribution in [-0.2, 0) is 14.3 Å². The first-order chi connectivity index (χ1) is 15.9. The Balaban J connectivity index is 1.83. The third-order valence-corrected chi connectivity index (χ3v) is 6.46. The molecule has 8 heteroatoms. The van der Waals surface area contributed by atoms with E-state index in [0.717, 1.165) is 6.42 Å². The molecule has 0 saturated carbocycles. The Kier molecular flexibility index (Phi) is 8.65. The van der Waals surface area contributed by atoms with Crippen LogP contribution >= 0.6 is 11.8 Å². The monoisotopic (exact) mass is 467 g/mol. The number of para-hydroxylation sites is 1. The number of rotatable bonds is 10. The third-order valence-electron chi connectivity index (χ3n) is 5.52. The lowest BCUT2D eigenvalue weighted by atomic mass is 9.98. The first-order valence-corrected chi connectivity index (χ1v) is 12.0. The summed E-state index contributed by atoms with van der Waals surface area (Å²) in [5.41, 5.74) is 2.35. The highest BCUT2D eigenvalue weighted by Crippen LogP contribution is 2.24. The molecule has 0 spiro atoms. The van der Waals surface area contributed by atoms with Crippen molar-refractivity contribution in [1.82, 2.24) is 14.9 Å². The Hall–Kier alpha value is -3.13. The van der Waals surface area contributed by atoms with Gasteiger partial charge < -0.3 is 10.1 Å². The molecule has 3 aromatic rings. The van der Waals surface area contributed by atoms with E-state index in [1.54, 1.807) is 16.7 Å². The van der Waals surface area contributed by atoms with Crippen molar-refractivity contribution in [3.63, 3.8) is 0 Å². The summed E-state index contributed by atoms with van der Waals surface area (Å²) in [7, 11) is 1.34. The van der Waals surface area contributed by atoms with E-state index in [2.05, 4.69) is 28.9 Å². The van der Waals surface area contributed by atoms with Crippen LogP contribution in [0.5, 0.6) is 0 Å². The van der Waals surface area contributed by atoms with E-state index in [1.165, 1.54) is 24.4 Å². The largest absolute Gasteiger partial charge is 0.469 e. The molecule has 174 valence electrons. The summed E-state index contributed by atoms with van der Waals surface area (Å²) >= 11 is 1.21. The molecule has 0 aliphatic heterocycles. The molecule has 2 aromatic carbocycles. The van der Waals surface area contributed by atoms with Gasteiger partial charge in [0.2, 0.25) is 5.91 Å². The third kappa shape index (κ3) is 6.22. The maximum atomic E-state index is 13.3. The molecule has 0 radical (unpaired) electrons. The van der Waals surface area contributed by atoms with Gasteiger partial charge in [-0.05, 0) is 48.6 Å². The molecule has 3 rings (SSSR count). The molecule has 0 aliphatic rings. The molecule has 0 saturated heterocycles. The topological polar surface area (TPSA) is 90.3 Å². The van der Waals surface area contributed by atoms with Crippen LogP contribution < -0.4 is 10.9 Å². The van der Waals surface area contributed by atoms with E-state index in [0.29, 0.717) is 40.6 Å². The zero-order valence-electron chi connectivity index (χ0n) is 19.2. The molecule has 1 N–H and O–H groups in total. The van der Waals surface area contributed by atoms with E-state index in [-0.39, 0.29) is 29.6 Å². The van der Waals surface area contributed by atoms with Crippen LogP contribution in [0, 0.1) is 0 Å². The minimum Gasteiger partial charge on any atom is -0.469 e. The van der Waals surface area contributed by atoms with Gasteiger partial charge in [0.15, 0.2) is 5.16 Å². The Morgan fingerprint density at radius 2 is 1.88 bits per heavy atom. The minimum atomic E-state index is -0.303. The summed E-state index contributed by atoms with van der Waals surface area (Å²) in [6.07, 6.45) is 1.79. The molecule has 0 bridgehead atoms. The van der Waals surface area contributed by atoms with Crippen molar-refractivity contribution in [2.75, 3.05) is 19.4 Å². The van der Waals surface area contributed by atoms with Gasteiger partial charge in [-0.2, -0.15) is 0 Å². The molecular formula is C25H29N3O4S. The number of ether oxygens (including phenoxy) is 1. The van der Waals surface area contributed by atoms with Gasteiger partial charge in [-0.15, -0.1) is 0 Å². The zero-order valence-corrected chi connectivity index (χ0v) is 20.0. The van der Waals surface area contributed by atoms with Gasteiger partial charge in [0, 0.05) is 13.0 Å². The van der Waals surface area contributed by atoms with E-state index in [4.69, 9.17) is 0 Å². The predicted octanol–water partition coefficient (Wildman–Crippen LogP) is 4.06. The van der Waals surface area contributed by atoms with Crippen LogP contribution in [0.25, 0.3) is 16.6 Å². The van der Waals surface area contributed by atoms with E-state index in [9.17, 15) is 14.4 Å². The number of thioether (sulfide) groups is 1. The number of carbonyl (C=O) groups is 2. The maximum absolute atomic E-state index is 13.3. The lowest BCUT2D eigenvalue weighted by molar-refractivity contribution is -0.140.